The monoisotopic (exact) mass is 389 g/mol. The van der Waals surface area contributed by atoms with Crippen LogP contribution < -0.4 is 5.32 Å². The first-order valence-corrected chi connectivity index (χ1v) is 10.2. The zero-order valence-electron chi connectivity index (χ0n) is 17.4. The minimum atomic E-state index is -0.118. The molecule has 0 aromatic heterocycles. The molecule has 0 aromatic rings. The van der Waals surface area contributed by atoms with Crippen molar-refractivity contribution in [3.05, 3.63) is 0 Å². The second-order valence-corrected chi connectivity index (χ2v) is 6.82. The molecule has 27 heavy (non-hydrogen) atoms. The predicted octanol–water partition coefficient (Wildman–Crippen LogP) is 0.215. The maximum absolute atomic E-state index is 11.4. The lowest BCUT2D eigenvalue weighted by Crippen LogP contribution is -2.47. The number of rotatable bonds is 16. The van der Waals surface area contributed by atoms with Gasteiger partial charge < -0.3 is 29.2 Å². The molecule has 1 heterocycles. The quantitative estimate of drug-likeness (QED) is 0.379. The largest absolute Gasteiger partial charge is 0.378 e. The van der Waals surface area contributed by atoms with Gasteiger partial charge in [-0.3, -0.25) is 9.69 Å². The van der Waals surface area contributed by atoms with Gasteiger partial charge in [-0.1, -0.05) is 6.92 Å². The van der Waals surface area contributed by atoms with E-state index < -0.39 is 0 Å². The van der Waals surface area contributed by atoms with Crippen molar-refractivity contribution in [3.63, 3.8) is 0 Å². The summed E-state index contributed by atoms with van der Waals surface area (Å²) in [5, 5.41) is 2.74. The Morgan fingerprint density at radius 2 is 1.44 bits per heavy atom. The lowest BCUT2D eigenvalue weighted by atomic mass is 10.3. The number of carbonyl (C=O) groups excluding carboxylic acids is 1. The Balaban J connectivity index is 1.76. The number of ether oxygens (including phenoxy) is 4. The topological polar surface area (TPSA) is 72.5 Å². The van der Waals surface area contributed by atoms with Crippen molar-refractivity contribution in [1.29, 1.82) is 0 Å². The average molecular weight is 390 g/mol. The summed E-state index contributed by atoms with van der Waals surface area (Å²) in [6.07, 6.45) is 0.0599. The van der Waals surface area contributed by atoms with Crippen LogP contribution in [0.3, 0.4) is 0 Å². The first-order valence-electron chi connectivity index (χ1n) is 10.2. The number of amides is 1. The molecule has 0 spiro atoms. The summed E-state index contributed by atoms with van der Waals surface area (Å²) >= 11 is 0. The minimum Gasteiger partial charge on any atom is -0.378 e. The number of nitrogens with one attached hydrogen (secondary N) is 1. The highest BCUT2D eigenvalue weighted by Crippen LogP contribution is 2.00. The van der Waals surface area contributed by atoms with Crippen LogP contribution in [0.25, 0.3) is 0 Å². The first kappa shape index (κ1) is 24.3. The second kappa shape index (κ2) is 16.2. The molecule has 1 saturated heterocycles. The molecule has 0 atom stereocenters. The predicted molar refractivity (Wildman–Crippen MR) is 105 cm³/mol. The van der Waals surface area contributed by atoms with Gasteiger partial charge in [0.1, 0.15) is 6.61 Å². The van der Waals surface area contributed by atoms with Crippen molar-refractivity contribution in [1.82, 2.24) is 15.1 Å². The van der Waals surface area contributed by atoms with Crippen LogP contribution in [0.2, 0.25) is 0 Å². The molecule has 1 aliphatic rings. The molecular weight excluding hydrogens is 350 g/mol. The molecule has 1 fully saturated rings. The van der Waals surface area contributed by atoms with Crippen LogP contribution in [0.1, 0.15) is 20.8 Å². The fourth-order valence-electron chi connectivity index (χ4n) is 2.62. The molecular formula is C19H39N3O5. The molecule has 0 saturated carbocycles. The summed E-state index contributed by atoms with van der Waals surface area (Å²) < 4.78 is 21.7. The lowest BCUT2D eigenvalue weighted by Gasteiger charge is -2.33. The molecule has 0 aromatic carbocycles. The van der Waals surface area contributed by atoms with Crippen LogP contribution in [0, 0.1) is 0 Å². The van der Waals surface area contributed by atoms with Gasteiger partial charge in [0.2, 0.25) is 5.91 Å². The third-order valence-corrected chi connectivity index (χ3v) is 4.32. The normalized spacial score (nSPS) is 16.1. The van der Waals surface area contributed by atoms with Gasteiger partial charge in [0, 0.05) is 39.3 Å². The van der Waals surface area contributed by atoms with Gasteiger partial charge in [-0.2, -0.15) is 0 Å². The number of nitrogens with zero attached hydrogens (tertiary/aromatic N) is 2. The minimum absolute atomic E-state index is 0.0599. The summed E-state index contributed by atoms with van der Waals surface area (Å²) in [6, 6.07) is 0. The van der Waals surface area contributed by atoms with Crippen molar-refractivity contribution >= 4 is 5.91 Å². The van der Waals surface area contributed by atoms with Gasteiger partial charge in [-0.05, 0) is 20.4 Å². The Morgan fingerprint density at radius 1 is 0.889 bits per heavy atom. The Labute approximate surface area is 164 Å². The SMILES string of the molecule is CCN1CCN(CCOCCOCCOCCNC(=O)COC(C)C)CC1. The molecule has 1 rings (SSSR count). The summed E-state index contributed by atoms with van der Waals surface area (Å²) in [5.41, 5.74) is 0. The summed E-state index contributed by atoms with van der Waals surface area (Å²) in [4.78, 5) is 16.3. The van der Waals surface area contributed by atoms with Crippen LogP contribution >= 0.6 is 0 Å². The lowest BCUT2D eigenvalue weighted by molar-refractivity contribution is -0.127. The van der Waals surface area contributed by atoms with Gasteiger partial charge in [0.05, 0.1) is 45.7 Å². The molecule has 0 unspecified atom stereocenters. The molecule has 160 valence electrons. The Morgan fingerprint density at radius 3 is 2.04 bits per heavy atom. The van der Waals surface area contributed by atoms with E-state index >= 15 is 0 Å². The summed E-state index contributed by atoms with van der Waals surface area (Å²) in [7, 11) is 0. The third kappa shape index (κ3) is 14.0. The number of hydrogen-bond acceptors (Lipinski definition) is 7. The highest BCUT2D eigenvalue weighted by Gasteiger charge is 2.14. The van der Waals surface area contributed by atoms with E-state index in [1.165, 1.54) is 0 Å². The van der Waals surface area contributed by atoms with Crippen LogP contribution in [0.5, 0.6) is 0 Å². The van der Waals surface area contributed by atoms with E-state index in [2.05, 4.69) is 22.0 Å². The van der Waals surface area contributed by atoms with E-state index in [0.717, 1.165) is 45.9 Å². The van der Waals surface area contributed by atoms with Crippen molar-refractivity contribution in [2.75, 3.05) is 92.1 Å². The van der Waals surface area contributed by atoms with E-state index in [1.807, 2.05) is 13.8 Å². The number of carbonyl (C=O) groups is 1. The fraction of sp³-hybridized carbons (Fsp3) is 0.947. The van der Waals surface area contributed by atoms with E-state index in [-0.39, 0.29) is 18.6 Å². The van der Waals surface area contributed by atoms with Crippen LogP contribution in [0.15, 0.2) is 0 Å². The average Bonchev–Trinajstić information content (AvgIpc) is 2.67. The highest BCUT2D eigenvalue weighted by atomic mass is 16.5. The van der Waals surface area contributed by atoms with Crippen molar-refractivity contribution in [2.45, 2.75) is 26.9 Å². The third-order valence-electron chi connectivity index (χ3n) is 4.32. The van der Waals surface area contributed by atoms with Gasteiger partial charge in [0.15, 0.2) is 0 Å². The number of hydrogen-bond donors (Lipinski definition) is 1. The van der Waals surface area contributed by atoms with E-state index in [0.29, 0.717) is 39.6 Å². The van der Waals surface area contributed by atoms with Crippen molar-refractivity contribution < 1.29 is 23.7 Å². The molecule has 1 N–H and O–H groups in total. The Kier molecular flexibility index (Phi) is 14.6. The molecule has 1 amide bonds. The van der Waals surface area contributed by atoms with Gasteiger partial charge in [-0.15, -0.1) is 0 Å². The van der Waals surface area contributed by atoms with Gasteiger partial charge >= 0.3 is 0 Å². The maximum atomic E-state index is 11.4. The van der Waals surface area contributed by atoms with Gasteiger partial charge in [-0.25, -0.2) is 0 Å². The molecule has 0 bridgehead atoms. The molecule has 1 aliphatic heterocycles. The highest BCUT2D eigenvalue weighted by molar-refractivity contribution is 5.77. The van der Waals surface area contributed by atoms with E-state index in [1.54, 1.807) is 0 Å². The zero-order valence-corrected chi connectivity index (χ0v) is 17.4. The number of likely N-dealkylation sites (N-methyl/N-ethyl adjacent to an activating group) is 1. The second-order valence-electron chi connectivity index (χ2n) is 6.82. The number of piperazine rings is 1. The van der Waals surface area contributed by atoms with Crippen LogP contribution in [-0.2, 0) is 23.7 Å². The van der Waals surface area contributed by atoms with Crippen LogP contribution in [-0.4, -0.2) is 114 Å². The first-order chi connectivity index (χ1) is 13.1. The fourth-order valence-corrected chi connectivity index (χ4v) is 2.62. The Hall–Kier alpha value is -0.770. The summed E-state index contributed by atoms with van der Waals surface area (Å²) in [6.45, 7) is 16.8. The molecule has 0 aliphatic carbocycles. The van der Waals surface area contributed by atoms with E-state index in [9.17, 15) is 4.79 Å². The van der Waals surface area contributed by atoms with Gasteiger partial charge in [0.25, 0.3) is 0 Å². The molecule has 0 radical (unpaired) electrons. The Bertz CT molecular complexity index is 363. The smallest absolute Gasteiger partial charge is 0.246 e. The standard InChI is InChI=1S/C19H39N3O5/c1-4-21-6-8-22(9-7-21)10-12-25-14-16-26-15-13-24-11-5-20-19(23)17-27-18(2)3/h18H,4-17H2,1-3H3,(H,20,23). The van der Waals surface area contributed by atoms with Crippen molar-refractivity contribution in [2.24, 2.45) is 0 Å². The molecule has 8 heteroatoms. The van der Waals surface area contributed by atoms with Crippen molar-refractivity contribution in [3.8, 4) is 0 Å². The zero-order chi connectivity index (χ0) is 19.7. The molecule has 8 nitrogen and oxygen atoms in total. The van der Waals surface area contributed by atoms with Crippen LogP contribution in [0.4, 0.5) is 0 Å². The van der Waals surface area contributed by atoms with E-state index in [4.69, 9.17) is 18.9 Å². The maximum Gasteiger partial charge on any atom is 0.246 e. The summed E-state index contributed by atoms with van der Waals surface area (Å²) in [5.74, 6) is -0.118.